The van der Waals surface area contributed by atoms with E-state index >= 15 is 0 Å². The van der Waals surface area contributed by atoms with E-state index in [0.29, 0.717) is 24.3 Å². The van der Waals surface area contributed by atoms with Gasteiger partial charge in [0.15, 0.2) is 0 Å². The molecule has 2 N–H and O–H groups in total. The molecule has 0 aliphatic heterocycles. The molecule has 6 heteroatoms. The number of hydrogen-bond acceptors (Lipinski definition) is 4. The molecular weight excluding hydrogens is 276 g/mol. The van der Waals surface area contributed by atoms with Gasteiger partial charge in [-0.2, -0.15) is 0 Å². The zero-order valence-electron chi connectivity index (χ0n) is 11.6. The lowest BCUT2D eigenvalue weighted by atomic mass is 10.1. The van der Waals surface area contributed by atoms with Crippen LogP contribution in [0.1, 0.15) is 29.3 Å². The summed E-state index contributed by atoms with van der Waals surface area (Å²) in [6.07, 6.45) is 0.172. The number of carbonyl (C=O) groups excluding carboxylic acids is 2. The lowest BCUT2D eigenvalue weighted by Crippen LogP contribution is -2.29. The van der Waals surface area contributed by atoms with E-state index in [1.165, 1.54) is 4.90 Å². The highest BCUT2D eigenvalue weighted by Crippen LogP contribution is 2.08. The van der Waals surface area contributed by atoms with E-state index in [-0.39, 0.29) is 23.3 Å². The van der Waals surface area contributed by atoms with Crippen LogP contribution < -0.4 is 5.73 Å². The fourth-order valence-corrected chi connectivity index (χ4v) is 1.75. The molecule has 0 bridgehead atoms. The van der Waals surface area contributed by atoms with Crippen molar-refractivity contribution in [2.45, 2.75) is 13.3 Å². The van der Waals surface area contributed by atoms with Crippen LogP contribution in [-0.2, 0) is 9.53 Å². The number of amides is 1. The van der Waals surface area contributed by atoms with Crippen LogP contribution in [0.5, 0.6) is 0 Å². The Morgan fingerprint density at radius 1 is 1.35 bits per heavy atom. The van der Waals surface area contributed by atoms with E-state index in [1.54, 1.807) is 38.2 Å². The summed E-state index contributed by atoms with van der Waals surface area (Å²) >= 11 is 4.88. The quantitative estimate of drug-likeness (QED) is 0.633. The van der Waals surface area contributed by atoms with Gasteiger partial charge in [0.05, 0.1) is 13.0 Å². The number of hydrogen-bond donors (Lipinski definition) is 1. The summed E-state index contributed by atoms with van der Waals surface area (Å²) < 4.78 is 4.82. The van der Waals surface area contributed by atoms with Crippen molar-refractivity contribution >= 4 is 29.1 Å². The van der Waals surface area contributed by atoms with Gasteiger partial charge in [-0.3, -0.25) is 9.59 Å². The molecule has 0 saturated carbocycles. The van der Waals surface area contributed by atoms with Crippen molar-refractivity contribution in [3.05, 3.63) is 35.4 Å². The first kappa shape index (κ1) is 16.1. The van der Waals surface area contributed by atoms with Crippen molar-refractivity contribution in [2.24, 2.45) is 5.73 Å². The van der Waals surface area contributed by atoms with Crippen LogP contribution in [0.3, 0.4) is 0 Å². The summed E-state index contributed by atoms with van der Waals surface area (Å²) in [5.41, 5.74) is 6.67. The minimum absolute atomic E-state index is 0.172. The largest absolute Gasteiger partial charge is 0.466 e. The van der Waals surface area contributed by atoms with Crippen LogP contribution in [0.4, 0.5) is 0 Å². The molecule has 0 heterocycles. The minimum atomic E-state index is -0.316. The van der Waals surface area contributed by atoms with Crippen molar-refractivity contribution in [3.63, 3.8) is 0 Å². The van der Waals surface area contributed by atoms with Crippen molar-refractivity contribution in [3.8, 4) is 0 Å². The summed E-state index contributed by atoms with van der Waals surface area (Å²) in [5, 5.41) is 0. The second-order valence-corrected chi connectivity index (χ2v) is 4.67. The zero-order chi connectivity index (χ0) is 15.1. The molecule has 0 saturated heterocycles. The average molecular weight is 294 g/mol. The summed E-state index contributed by atoms with van der Waals surface area (Å²) in [7, 11) is 1.63. The van der Waals surface area contributed by atoms with E-state index in [0.717, 1.165) is 0 Å². The van der Waals surface area contributed by atoms with Crippen LogP contribution >= 0.6 is 12.2 Å². The Morgan fingerprint density at radius 2 is 2.00 bits per heavy atom. The molecule has 1 amide bonds. The first-order valence-electron chi connectivity index (χ1n) is 6.26. The summed E-state index contributed by atoms with van der Waals surface area (Å²) in [5.74, 6) is -0.503. The molecule has 1 aromatic carbocycles. The molecule has 1 aromatic rings. The number of benzene rings is 1. The van der Waals surface area contributed by atoms with Gasteiger partial charge >= 0.3 is 5.97 Å². The highest BCUT2D eigenvalue weighted by molar-refractivity contribution is 7.80. The number of nitrogens with zero attached hydrogens (tertiary/aromatic N) is 1. The second-order valence-electron chi connectivity index (χ2n) is 4.23. The van der Waals surface area contributed by atoms with Gasteiger partial charge in [0.25, 0.3) is 5.91 Å². The molecule has 0 aromatic heterocycles. The first-order valence-corrected chi connectivity index (χ1v) is 6.67. The molecule has 5 nitrogen and oxygen atoms in total. The maximum Gasteiger partial charge on any atom is 0.307 e. The van der Waals surface area contributed by atoms with Gasteiger partial charge in [0.2, 0.25) is 0 Å². The van der Waals surface area contributed by atoms with Gasteiger partial charge in [-0.25, -0.2) is 0 Å². The van der Waals surface area contributed by atoms with E-state index in [2.05, 4.69) is 0 Å². The van der Waals surface area contributed by atoms with E-state index in [4.69, 9.17) is 22.7 Å². The van der Waals surface area contributed by atoms with E-state index < -0.39 is 0 Å². The topological polar surface area (TPSA) is 72.6 Å². The zero-order valence-corrected chi connectivity index (χ0v) is 12.4. The average Bonchev–Trinajstić information content (AvgIpc) is 2.44. The van der Waals surface area contributed by atoms with Gasteiger partial charge in [-0.1, -0.05) is 24.4 Å². The number of thiocarbonyl (C=S) groups is 1. The summed E-state index contributed by atoms with van der Waals surface area (Å²) in [6.45, 7) is 2.38. The van der Waals surface area contributed by atoms with Crippen molar-refractivity contribution in [1.82, 2.24) is 4.90 Å². The highest BCUT2D eigenvalue weighted by Gasteiger charge is 2.14. The third-order valence-electron chi connectivity index (χ3n) is 2.70. The van der Waals surface area contributed by atoms with Gasteiger partial charge in [-0.15, -0.1) is 0 Å². The van der Waals surface area contributed by atoms with Crippen LogP contribution in [0.25, 0.3) is 0 Å². The number of esters is 1. The van der Waals surface area contributed by atoms with Crippen LogP contribution in [0.15, 0.2) is 24.3 Å². The van der Waals surface area contributed by atoms with Crippen LogP contribution in [0.2, 0.25) is 0 Å². The molecule has 0 unspecified atom stereocenters. The lowest BCUT2D eigenvalue weighted by molar-refractivity contribution is -0.143. The Bertz CT molecular complexity index is 517. The Balaban J connectivity index is 2.67. The maximum atomic E-state index is 12.2. The van der Waals surface area contributed by atoms with Crippen LogP contribution in [0, 0.1) is 0 Å². The summed E-state index contributed by atoms with van der Waals surface area (Å²) in [4.78, 5) is 25.1. The van der Waals surface area contributed by atoms with Gasteiger partial charge in [-0.05, 0) is 19.1 Å². The third kappa shape index (κ3) is 4.62. The lowest BCUT2D eigenvalue weighted by Gasteiger charge is -2.17. The second kappa shape index (κ2) is 7.59. The fourth-order valence-electron chi connectivity index (χ4n) is 1.62. The minimum Gasteiger partial charge on any atom is -0.466 e. The monoisotopic (exact) mass is 294 g/mol. The Kier molecular flexibility index (Phi) is 6.11. The Labute approximate surface area is 123 Å². The predicted octanol–water partition coefficient (Wildman–Crippen LogP) is 1.35. The van der Waals surface area contributed by atoms with Crippen molar-refractivity contribution < 1.29 is 14.3 Å². The van der Waals surface area contributed by atoms with Gasteiger partial charge in [0.1, 0.15) is 4.99 Å². The summed E-state index contributed by atoms with van der Waals surface area (Å²) in [6, 6.07) is 6.80. The molecule has 1 rings (SSSR count). The van der Waals surface area contributed by atoms with Gasteiger partial charge < -0.3 is 15.4 Å². The molecule has 0 aliphatic rings. The molecule has 0 radical (unpaired) electrons. The maximum absolute atomic E-state index is 12.2. The first-order chi connectivity index (χ1) is 9.45. The Hall–Kier alpha value is -1.95. The fraction of sp³-hybridized carbons (Fsp3) is 0.357. The number of rotatable bonds is 6. The highest BCUT2D eigenvalue weighted by atomic mass is 32.1. The smallest absolute Gasteiger partial charge is 0.307 e. The molecule has 20 heavy (non-hydrogen) atoms. The van der Waals surface area contributed by atoms with Gasteiger partial charge in [0, 0.05) is 24.7 Å². The third-order valence-corrected chi connectivity index (χ3v) is 2.93. The van der Waals surface area contributed by atoms with Crippen molar-refractivity contribution in [1.29, 1.82) is 0 Å². The van der Waals surface area contributed by atoms with E-state index in [9.17, 15) is 9.59 Å². The normalized spacial score (nSPS) is 9.90. The number of carbonyl (C=O) groups is 2. The molecule has 0 atom stereocenters. The molecule has 0 fully saturated rings. The van der Waals surface area contributed by atoms with E-state index in [1.807, 2.05) is 0 Å². The van der Waals surface area contributed by atoms with Crippen molar-refractivity contribution in [2.75, 3.05) is 20.2 Å². The predicted molar refractivity (Wildman–Crippen MR) is 80.5 cm³/mol. The Morgan fingerprint density at radius 3 is 2.60 bits per heavy atom. The molecular formula is C14H18N2O3S. The number of nitrogens with two attached hydrogens (primary N) is 1. The molecule has 0 spiro atoms. The van der Waals surface area contributed by atoms with Crippen LogP contribution in [-0.4, -0.2) is 42.0 Å². The molecule has 0 aliphatic carbocycles. The SMILES string of the molecule is CCOC(=O)CCN(C)C(=O)c1cccc(C(N)=S)c1. The molecule has 108 valence electrons. The number of ether oxygens (including phenoxy) is 1. The standard InChI is InChI=1S/C14H18N2O3S/c1-3-19-12(17)7-8-16(2)14(18)11-6-4-5-10(9-11)13(15)20/h4-6,9H,3,7-8H2,1-2H3,(H2,15,20).